The van der Waals surface area contributed by atoms with Gasteiger partial charge in [-0.05, 0) is 161 Å². The molecule has 0 radical (unpaired) electrons. The molecule has 0 spiro atoms. The highest BCUT2D eigenvalue weighted by atomic mass is 35.5. The maximum absolute atomic E-state index is 10.5. The number of halogens is 1. The van der Waals surface area contributed by atoms with E-state index in [1.54, 1.807) is 91.0 Å². The summed E-state index contributed by atoms with van der Waals surface area (Å²) in [5.74, 6) is 2.17. The van der Waals surface area contributed by atoms with Crippen molar-refractivity contribution in [3.63, 3.8) is 0 Å². The molecule has 0 fully saturated rings. The second kappa shape index (κ2) is 29.4. The number of benzene rings is 10. The molecule has 0 amide bonds. The van der Waals surface area contributed by atoms with Gasteiger partial charge >= 0.3 is 0 Å². The van der Waals surface area contributed by atoms with Gasteiger partial charge in [-0.3, -0.25) is 0 Å². The number of aryl methyl sites for hydroxylation is 4. The van der Waals surface area contributed by atoms with E-state index in [1.807, 2.05) is 119 Å². The highest BCUT2D eigenvalue weighted by molar-refractivity contribution is 6.32. The Hall–Kier alpha value is -9.51. The average molecular weight is 1250 g/mol. The standard InChI is InChI=1S/C20H26O2.C18H22O2.C16H17ClO2.C14H14O2.C12H10O2/c1-19(2,3)13-7-9-17(21)15(11-13)16-12-14(20(4,5)6)8-10-18(16)22;1-10(2)16-12(4)9-15(18(20)13(16)5)14-8-6-7-11(3)17(14)19;1-16(2,3)10-7-8-11(14(18)9-10)12-5-4-6-13(17)15(12)19;1-9-5-3-7-11(13(9)15)12-8-4-6-10(2)14(12)16;13-11-7-3-1-5-9(11)10-6-2-4-8-12(10)14/h7-12,21-22H,1-6H3;6-10,19-20H,1-5H3;4-9,18-19H,1-3H3;3-8,15-16H,1-2H3;1-8,13-14H. The van der Waals surface area contributed by atoms with Crippen LogP contribution in [0.25, 0.3) is 55.6 Å². The van der Waals surface area contributed by atoms with E-state index < -0.39 is 0 Å². The van der Waals surface area contributed by atoms with Crippen LogP contribution in [0.2, 0.25) is 5.02 Å². The third-order valence-electron chi connectivity index (χ3n) is 15.9. The lowest BCUT2D eigenvalue weighted by atomic mass is 9.83. The second-order valence-corrected chi connectivity index (χ2v) is 26.7. The third-order valence-corrected chi connectivity index (χ3v) is 16.2. The zero-order valence-electron chi connectivity index (χ0n) is 55.2. The van der Waals surface area contributed by atoms with Gasteiger partial charge in [0, 0.05) is 55.6 Å². The predicted octanol–water partition coefficient (Wildman–Crippen LogP) is 21.0. The Morgan fingerprint density at radius 3 is 0.967 bits per heavy atom. The number of phenols is 10. The Morgan fingerprint density at radius 2 is 0.593 bits per heavy atom. The van der Waals surface area contributed by atoms with Gasteiger partial charge in [-0.25, -0.2) is 0 Å². The van der Waals surface area contributed by atoms with Crippen molar-refractivity contribution in [2.75, 3.05) is 0 Å². The summed E-state index contributed by atoms with van der Waals surface area (Å²) in [5.41, 5.74) is 15.3. The van der Waals surface area contributed by atoms with Gasteiger partial charge in [0.15, 0.2) is 0 Å². The Morgan fingerprint density at radius 1 is 0.275 bits per heavy atom. The molecule has 0 aliphatic rings. The molecule has 11 heteroatoms. The van der Waals surface area contributed by atoms with Crippen LogP contribution in [0.15, 0.2) is 182 Å². The first-order chi connectivity index (χ1) is 42.5. The Kier molecular flexibility index (Phi) is 22.8. The number of aromatic hydroxyl groups is 10. The van der Waals surface area contributed by atoms with Gasteiger partial charge in [0.05, 0.1) is 5.02 Å². The fraction of sp³-hybridized carbons (Fsp3) is 0.250. The summed E-state index contributed by atoms with van der Waals surface area (Å²) in [6.45, 7) is 32.8. The van der Waals surface area contributed by atoms with Crippen LogP contribution in [0.3, 0.4) is 0 Å². The Bertz CT molecular complexity index is 4020. The molecule has 0 aliphatic heterocycles. The Balaban J connectivity index is 0.000000182. The molecule has 10 N–H and O–H groups in total. The molecule has 0 bridgehead atoms. The molecule has 91 heavy (non-hydrogen) atoms. The topological polar surface area (TPSA) is 202 Å². The highest BCUT2D eigenvalue weighted by Crippen LogP contribution is 2.45. The van der Waals surface area contributed by atoms with Crippen LogP contribution >= 0.6 is 11.6 Å². The van der Waals surface area contributed by atoms with Gasteiger partial charge in [0.2, 0.25) is 0 Å². The summed E-state index contributed by atoms with van der Waals surface area (Å²) < 4.78 is 0. The summed E-state index contributed by atoms with van der Waals surface area (Å²) >= 11 is 5.89. The van der Waals surface area contributed by atoms with E-state index in [2.05, 4.69) is 83.1 Å². The number of rotatable bonds is 6. The van der Waals surface area contributed by atoms with Crippen LogP contribution in [0.4, 0.5) is 0 Å². The minimum Gasteiger partial charge on any atom is -0.507 e. The number of hydrogen-bond donors (Lipinski definition) is 10. The fourth-order valence-corrected chi connectivity index (χ4v) is 10.7. The number of para-hydroxylation sites is 6. The lowest BCUT2D eigenvalue weighted by Gasteiger charge is -2.22. The summed E-state index contributed by atoms with van der Waals surface area (Å²) in [4.78, 5) is 0. The van der Waals surface area contributed by atoms with Crippen molar-refractivity contribution in [1.29, 1.82) is 0 Å². The van der Waals surface area contributed by atoms with Gasteiger partial charge in [-0.1, -0.05) is 215 Å². The highest BCUT2D eigenvalue weighted by Gasteiger charge is 2.23. The molecule has 0 heterocycles. The van der Waals surface area contributed by atoms with Crippen molar-refractivity contribution in [3.8, 4) is 113 Å². The summed E-state index contributed by atoms with van der Waals surface area (Å²) in [6.07, 6.45) is 0. The molecule has 0 saturated carbocycles. The maximum Gasteiger partial charge on any atom is 0.142 e. The molecule has 0 atom stereocenters. The molecule has 0 unspecified atom stereocenters. The largest absolute Gasteiger partial charge is 0.507 e. The van der Waals surface area contributed by atoms with E-state index in [9.17, 15) is 51.1 Å². The third kappa shape index (κ3) is 17.3. The van der Waals surface area contributed by atoms with Gasteiger partial charge in [-0.2, -0.15) is 0 Å². The maximum atomic E-state index is 10.5. The molecule has 10 aromatic carbocycles. The first-order valence-electron chi connectivity index (χ1n) is 30.3. The number of phenolic OH excluding ortho intramolecular Hbond substituents is 10. The fourth-order valence-electron chi connectivity index (χ4n) is 10.5. The molecule has 476 valence electrons. The van der Waals surface area contributed by atoms with Crippen LogP contribution in [0.1, 0.15) is 132 Å². The lowest BCUT2D eigenvalue weighted by molar-refractivity contribution is 0.464. The Labute approximate surface area is 543 Å². The SMILES string of the molecule is CC(C)(C)c1ccc(-c2cccc(Cl)c2O)c(O)c1.CC(C)(C)c1ccc(O)c(-c2cc(C(C)(C)C)ccc2O)c1.Cc1cccc(-c2cc(C)c(C(C)C)c(C)c2O)c1O.Cc1cccc(-c2cccc(C)c2O)c1O.Oc1ccccc1-c1ccccc1O. The van der Waals surface area contributed by atoms with Crippen molar-refractivity contribution >= 4 is 11.6 Å². The molecular weight excluding hydrogens is 1160 g/mol. The van der Waals surface area contributed by atoms with E-state index in [1.165, 1.54) is 5.56 Å². The van der Waals surface area contributed by atoms with Crippen LogP contribution in [0, 0.1) is 34.6 Å². The van der Waals surface area contributed by atoms with Gasteiger partial charge in [0.25, 0.3) is 0 Å². The molecule has 0 aromatic heterocycles. The molecule has 10 aromatic rings. The summed E-state index contributed by atoms with van der Waals surface area (Å²) in [6, 6.07) is 54.2. The predicted molar refractivity (Wildman–Crippen MR) is 375 cm³/mol. The van der Waals surface area contributed by atoms with E-state index >= 15 is 0 Å². The van der Waals surface area contributed by atoms with E-state index in [0.29, 0.717) is 61.6 Å². The van der Waals surface area contributed by atoms with Gasteiger partial charge in [0.1, 0.15) is 57.5 Å². The smallest absolute Gasteiger partial charge is 0.142 e. The average Bonchev–Trinajstić information content (AvgIpc) is 0.867. The van der Waals surface area contributed by atoms with E-state index in [0.717, 1.165) is 44.5 Å². The van der Waals surface area contributed by atoms with Crippen LogP contribution in [-0.2, 0) is 16.2 Å². The van der Waals surface area contributed by atoms with E-state index in [4.69, 9.17) is 11.6 Å². The molecule has 10 rings (SSSR count). The minimum absolute atomic E-state index is 0.0111. The quantitative estimate of drug-likeness (QED) is 0.0763. The van der Waals surface area contributed by atoms with Crippen molar-refractivity contribution in [2.45, 2.75) is 133 Å². The van der Waals surface area contributed by atoms with Crippen LogP contribution in [-0.4, -0.2) is 51.1 Å². The van der Waals surface area contributed by atoms with Crippen LogP contribution < -0.4 is 0 Å². The first-order valence-corrected chi connectivity index (χ1v) is 30.7. The summed E-state index contributed by atoms with van der Waals surface area (Å²) in [7, 11) is 0. The lowest BCUT2D eigenvalue weighted by Crippen LogP contribution is -2.11. The monoisotopic (exact) mass is 1240 g/mol. The molecule has 0 saturated heterocycles. The van der Waals surface area contributed by atoms with Crippen LogP contribution in [0.5, 0.6) is 57.5 Å². The zero-order valence-corrected chi connectivity index (χ0v) is 56.0. The van der Waals surface area contributed by atoms with Gasteiger partial charge < -0.3 is 51.1 Å². The minimum atomic E-state index is -0.0353. The van der Waals surface area contributed by atoms with Crippen molar-refractivity contribution < 1.29 is 51.1 Å². The number of hydrogen-bond acceptors (Lipinski definition) is 10. The summed E-state index contributed by atoms with van der Waals surface area (Å²) in [5, 5.41) is 101. The van der Waals surface area contributed by atoms with Crippen molar-refractivity contribution in [3.05, 3.63) is 237 Å². The van der Waals surface area contributed by atoms with E-state index in [-0.39, 0.29) is 78.8 Å². The molecular formula is C80H89ClO10. The zero-order chi connectivity index (χ0) is 67.6. The van der Waals surface area contributed by atoms with Crippen molar-refractivity contribution in [2.24, 2.45) is 0 Å². The second-order valence-electron chi connectivity index (χ2n) is 26.3. The van der Waals surface area contributed by atoms with Crippen molar-refractivity contribution in [1.82, 2.24) is 0 Å². The molecule has 0 aliphatic carbocycles. The van der Waals surface area contributed by atoms with Gasteiger partial charge in [-0.15, -0.1) is 0 Å². The first kappa shape index (κ1) is 70.6. The normalized spacial score (nSPS) is 11.2. The molecule has 10 nitrogen and oxygen atoms in total.